The largest absolute Gasteiger partial charge is 0.399 e. The Morgan fingerprint density at radius 2 is 1.57 bits per heavy atom. The molecule has 0 aromatic heterocycles. The van der Waals surface area contributed by atoms with Crippen molar-refractivity contribution in [2.75, 3.05) is 18.9 Å². The highest BCUT2D eigenvalue weighted by molar-refractivity contribution is 5.35. The first-order valence-corrected chi connectivity index (χ1v) is 4.33. The second kappa shape index (κ2) is 6.37. The van der Waals surface area contributed by atoms with Crippen molar-refractivity contribution in [2.24, 2.45) is 5.73 Å². The first-order valence-electron chi connectivity index (χ1n) is 4.33. The lowest BCUT2D eigenvalue weighted by atomic mass is 10.1. The fourth-order valence-corrected chi connectivity index (χ4v) is 0.503. The minimum Gasteiger partial charge on any atom is -0.399 e. The highest BCUT2D eigenvalue weighted by Gasteiger charge is 2.13. The number of aliphatic hydroxyl groups is 2. The van der Waals surface area contributed by atoms with Gasteiger partial charge in [0.15, 0.2) is 0 Å². The number of hydrogen-bond donors (Lipinski definition) is 4. The average Bonchev–Trinajstić information content (AvgIpc) is 2.20. The first kappa shape index (κ1) is 12.9. The summed E-state index contributed by atoms with van der Waals surface area (Å²) in [5.41, 5.74) is 10.6. The van der Waals surface area contributed by atoms with Gasteiger partial charge in [-0.3, -0.25) is 0 Å². The molecule has 1 rings (SSSR count). The molecule has 0 saturated carbocycles. The molecule has 0 fully saturated rings. The molecule has 0 spiro atoms. The zero-order chi connectivity index (χ0) is 11.0. The Kier molecular flexibility index (Phi) is 5.87. The van der Waals surface area contributed by atoms with Gasteiger partial charge in [-0.1, -0.05) is 18.2 Å². The predicted molar refractivity (Wildman–Crippen MR) is 57.6 cm³/mol. The summed E-state index contributed by atoms with van der Waals surface area (Å²) in [6, 6.07) is 9.49. The molecule has 0 radical (unpaired) electrons. The lowest BCUT2D eigenvalue weighted by Crippen LogP contribution is -2.43. The van der Waals surface area contributed by atoms with Crippen LogP contribution < -0.4 is 11.5 Å². The van der Waals surface area contributed by atoms with E-state index in [1.54, 1.807) is 6.92 Å². The van der Waals surface area contributed by atoms with Crippen LogP contribution in [0.15, 0.2) is 30.3 Å². The molecule has 1 aromatic rings. The van der Waals surface area contributed by atoms with Gasteiger partial charge >= 0.3 is 0 Å². The molecule has 0 aliphatic heterocycles. The van der Waals surface area contributed by atoms with E-state index in [-0.39, 0.29) is 13.2 Å². The second-order valence-corrected chi connectivity index (χ2v) is 3.38. The van der Waals surface area contributed by atoms with Crippen molar-refractivity contribution in [2.45, 2.75) is 12.5 Å². The molecule has 80 valence electrons. The van der Waals surface area contributed by atoms with Crippen LogP contribution in [0.4, 0.5) is 5.69 Å². The van der Waals surface area contributed by atoms with E-state index >= 15 is 0 Å². The Morgan fingerprint density at radius 3 is 1.71 bits per heavy atom. The molecule has 0 aliphatic carbocycles. The van der Waals surface area contributed by atoms with Crippen LogP contribution in [0, 0.1) is 0 Å². The Labute approximate surface area is 84.2 Å². The summed E-state index contributed by atoms with van der Waals surface area (Å²) >= 11 is 0. The van der Waals surface area contributed by atoms with Gasteiger partial charge in [0.25, 0.3) is 0 Å². The molecule has 6 N–H and O–H groups in total. The van der Waals surface area contributed by atoms with Crippen LogP contribution in [-0.2, 0) is 0 Å². The van der Waals surface area contributed by atoms with Gasteiger partial charge in [0, 0.05) is 5.69 Å². The molecule has 4 nitrogen and oxygen atoms in total. The molecule has 14 heavy (non-hydrogen) atoms. The summed E-state index contributed by atoms with van der Waals surface area (Å²) in [6.45, 7) is 1.22. The summed E-state index contributed by atoms with van der Waals surface area (Å²) in [5, 5.41) is 16.6. The Morgan fingerprint density at radius 1 is 1.14 bits per heavy atom. The van der Waals surface area contributed by atoms with Crippen LogP contribution in [0.25, 0.3) is 0 Å². The van der Waals surface area contributed by atoms with Crippen LogP contribution in [0.1, 0.15) is 6.92 Å². The summed E-state index contributed by atoms with van der Waals surface area (Å²) in [7, 11) is 0. The molecular formula is C10H18N2O2. The van der Waals surface area contributed by atoms with Crippen molar-refractivity contribution in [3.8, 4) is 0 Å². The maximum Gasteiger partial charge on any atom is 0.0631 e. The predicted octanol–water partition coefficient (Wildman–Crippen LogP) is -0.0428. The van der Waals surface area contributed by atoms with Gasteiger partial charge in [0.1, 0.15) is 0 Å². The number of benzene rings is 1. The molecule has 0 heterocycles. The standard InChI is InChI=1S/C6H7N.C4H11NO2/c7-6-4-2-1-3-5-6;1-4(5,2-6)3-7/h1-5H,7H2;6-7H,2-3,5H2,1H3. The summed E-state index contributed by atoms with van der Waals surface area (Å²) < 4.78 is 0. The van der Waals surface area contributed by atoms with Crippen LogP contribution >= 0.6 is 0 Å². The SMILES string of the molecule is CC(N)(CO)CO.Nc1ccccc1. The normalized spacial score (nSPS) is 10.3. The molecule has 0 amide bonds. The number of anilines is 1. The third kappa shape index (κ3) is 6.42. The van der Waals surface area contributed by atoms with E-state index < -0.39 is 5.54 Å². The van der Waals surface area contributed by atoms with Gasteiger partial charge < -0.3 is 21.7 Å². The van der Waals surface area contributed by atoms with E-state index in [2.05, 4.69) is 0 Å². The molecule has 0 bridgehead atoms. The molecule has 4 heteroatoms. The topological polar surface area (TPSA) is 92.5 Å². The van der Waals surface area contributed by atoms with E-state index in [1.807, 2.05) is 30.3 Å². The van der Waals surface area contributed by atoms with Crippen molar-refractivity contribution >= 4 is 5.69 Å². The smallest absolute Gasteiger partial charge is 0.0631 e. The fraction of sp³-hybridized carbons (Fsp3) is 0.400. The summed E-state index contributed by atoms with van der Waals surface area (Å²) in [6.07, 6.45) is 0. The van der Waals surface area contributed by atoms with Crippen molar-refractivity contribution in [1.29, 1.82) is 0 Å². The highest BCUT2D eigenvalue weighted by Crippen LogP contribution is 1.95. The Hall–Kier alpha value is -1.10. The van der Waals surface area contributed by atoms with Gasteiger partial charge in [-0.15, -0.1) is 0 Å². The zero-order valence-corrected chi connectivity index (χ0v) is 8.35. The van der Waals surface area contributed by atoms with E-state index in [4.69, 9.17) is 21.7 Å². The van der Waals surface area contributed by atoms with Crippen LogP contribution in [0.5, 0.6) is 0 Å². The number of nitrogens with two attached hydrogens (primary N) is 2. The maximum atomic E-state index is 8.31. The van der Waals surface area contributed by atoms with Crippen molar-refractivity contribution < 1.29 is 10.2 Å². The van der Waals surface area contributed by atoms with Gasteiger partial charge in [-0.05, 0) is 19.1 Å². The van der Waals surface area contributed by atoms with Gasteiger partial charge in [0.05, 0.1) is 18.8 Å². The molecule has 1 aromatic carbocycles. The van der Waals surface area contributed by atoms with Gasteiger partial charge in [0.2, 0.25) is 0 Å². The van der Waals surface area contributed by atoms with Crippen LogP contribution in [-0.4, -0.2) is 29.0 Å². The average molecular weight is 198 g/mol. The first-order chi connectivity index (χ1) is 6.52. The quantitative estimate of drug-likeness (QED) is 0.502. The lowest BCUT2D eigenvalue weighted by molar-refractivity contribution is 0.134. The molecule has 0 aliphatic rings. The van der Waals surface area contributed by atoms with Gasteiger partial charge in [-0.25, -0.2) is 0 Å². The minimum absolute atomic E-state index is 0.177. The number of hydrogen-bond acceptors (Lipinski definition) is 4. The number of aliphatic hydroxyl groups excluding tert-OH is 2. The second-order valence-electron chi connectivity index (χ2n) is 3.38. The van der Waals surface area contributed by atoms with E-state index in [0.29, 0.717) is 0 Å². The summed E-state index contributed by atoms with van der Waals surface area (Å²) in [4.78, 5) is 0. The van der Waals surface area contributed by atoms with E-state index in [0.717, 1.165) is 5.69 Å². The van der Waals surface area contributed by atoms with E-state index in [1.165, 1.54) is 0 Å². The van der Waals surface area contributed by atoms with Crippen molar-refractivity contribution in [3.05, 3.63) is 30.3 Å². The molecular weight excluding hydrogens is 180 g/mol. The molecule has 0 unspecified atom stereocenters. The maximum absolute atomic E-state index is 8.31. The Balaban J connectivity index is 0.000000241. The third-order valence-corrected chi connectivity index (χ3v) is 1.52. The highest BCUT2D eigenvalue weighted by atomic mass is 16.3. The Bertz CT molecular complexity index is 231. The minimum atomic E-state index is -0.806. The zero-order valence-electron chi connectivity index (χ0n) is 8.35. The molecule has 0 saturated heterocycles. The number of nitrogen functional groups attached to an aromatic ring is 1. The van der Waals surface area contributed by atoms with Crippen molar-refractivity contribution in [1.82, 2.24) is 0 Å². The lowest BCUT2D eigenvalue weighted by Gasteiger charge is -2.16. The number of para-hydroxylation sites is 1. The fourth-order valence-electron chi connectivity index (χ4n) is 0.503. The third-order valence-electron chi connectivity index (χ3n) is 1.52. The summed E-state index contributed by atoms with van der Waals surface area (Å²) in [5.74, 6) is 0. The van der Waals surface area contributed by atoms with Crippen LogP contribution in [0.3, 0.4) is 0 Å². The van der Waals surface area contributed by atoms with E-state index in [9.17, 15) is 0 Å². The van der Waals surface area contributed by atoms with Crippen LogP contribution in [0.2, 0.25) is 0 Å². The van der Waals surface area contributed by atoms with Crippen molar-refractivity contribution in [3.63, 3.8) is 0 Å². The molecule has 0 atom stereocenters. The monoisotopic (exact) mass is 198 g/mol. The van der Waals surface area contributed by atoms with Gasteiger partial charge in [-0.2, -0.15) is 0 Å². The number of rotatable bonds is 2.